The van der Waals surface area contributed by atoms with E-state index in [4.69, 9.17) is 5.73 Å². The molecule has 10 heteroatoms. The molecule has 2 aromatic rings. The summed E-state index contributed by atoms with van der Waals surface area (Å²) in [4.78, 5) is 26.0. The zero-order valence-electron chi connectivity index (χ0n) is 16.3. The Balaban J connectivity index is 1.76. The Hall–Kier alpha value is -2.88. The van der Waals surface area contributed by atoms with Gasteiger partial charge in [0.05, 0.1) is 34.9 Å². The molecule has 29 heavy (non-hydrogen) atoms. The van der Waals surface area contributed by atoms with Crippen molar-refractivity contribution in [3.05, 3.63) is 41.7 Å². The molecule has 0 spiro atoms. The van der Waals surface area contributed by atoms with Gasteiger partial charge < -0.3 is 21.1 Å². The number of nitrogens with zero attached hydrogens (tertiary/aromatic N) is 4. The molecule has 0 bridgehead atoms. The van der Waals surface area contributed by atoms with Crippen LogP contribution in [0.5, 0.6) is 0 Å². The van der Waals surface area contributed by atoms with E-state index in [9.17, 15) is 18.7 Å². The second kappa shape index (κ2) is 8.24. The normalized spacial score (nSPS) is 18.0. The van der Waals surface area contributed by atoms with Crippen molar-refractivity contribution >= 4 is 17.5 Å². The van der Waals surface area contributed by atoms with Crippen LogP contribution in [0.15, 0.2) is 24.7 Å². The molecule has 1 amide bonds. The summed E-state index contributed by atoms with van der Waals surface area (Å²) in [6.07, 6.45) is 2.57. The maximum absolute atomic E-state index is 14.3. The molecule has 2 aromatic heterocycles. The Morgan fingerprint density at radius 2 is 2.10 bits per heavy atom. The van der Waals surface area contributed by atoms with E-state index in [0.29, 0.717) is 24.7 Å². The van der Waals surface area contributed by atoms with Crippen LogP contribution in [0.25, 0.3) is 0 Å². The van der Waals surface area contributed by atoms with Crippen LogP contribution in [-0.2, 0) is 6.42 Å². The van der Waals surface area contributed by atoms with Gasteiger partial charge >= 0.3 is 0 Å². The molecule has 0 aromatic carbocycles. The molecule has 3 rings (SSSR count). The van der Waals surface area contributed by atoms with E-state index in [0.717, 1.165) is 18.8 Å². The molecule has 2 atom stereocenters. The zero-order valence-corrected chi connectivity index (χ0v) is 16.3. The maximum Gasteiger partial charge on any atom is 0.252 e. The first-order chi connectivity index (χ1) is 13.6. The number of amides is 1. The average molecular weight is 406 g/mol. The maximum atomic E-state index is 14.3. The quantitative estimate of drug-likeness (QED) is 0.637. The first-order valence-corrected chi connectivity index (χ1v) is 9.28. The molecule has 1 saturated heterocycles. The van der Waals surface area contributed by atoms with E-state index in [-0.39, 0.29) is 23.7 Å². The average Bonchev–Trinajstić information content (AvgIpc) is 3.10. The van der Waals surface area contributed by atoms with Crippen LogP contribution < -0.4 is 16.0 Å². The van der Waals surface area contributed by atoms with Gasteiger partial charge in [0.15, 0.2) is 5.82 Å². The van der Waals surface area contributed by atoms with Crippen LogP contribution in [0, 0.1) is 5.82 Å². The number of hydrogen-bond acceptors (Lipinski definition) is 7. The van der Waals surface area contributed by atoms with Crippen molar-refractivity contribution in [1.82, 2.24) is 15.0 Å². The largest absolute Gasteiger partial charge is 0.387 e. The van der Waals surface area contributed by atoms with Crippen LogP contribution in [0.2, 0.25) is 0 Å². The standard InChI is InChI=1S/C19H24F2N6O2/c1-19(2,29)15(21)7-14-16(17(22)28)13(3-5-23-14)26-12-4-6-27(10-12)18-24-8-11(20)9-25-18/h3,5,8-9,12,15,29H,4,6-7,10H2,1-2H3,(H2,22,28)(H,23,26)/t12-,15-/m1/s1. The topological polar surface area (TPSA) is 117 Å². The second-order valence-electron chi connectivity index (χ2n) is 7.65. The van der Waals surface area contributed by atoms with E-state index in [1.165, 1.54) is 20.0 Å². The summed E-state index contributed by atoms with van der Waals surface area (Å²) in [5, 5.41) is 13.1. The third kappa shape index (κ3) is 4.94. The second-order valence-corrected chi connectivity index (χ2v) is 7.65. The highest BCUT2D eigenvalue weighted by molar-refractivity contribution is 5.99. The lowest BCUT2D eigenvalue weighted by Gasteiger charge is -2.23. The molecule has 1 aliphatic rings. The van der Waals surface area contributed by atoms with E-state index in [1.807, 2.05) is 4.90 Å². The van der Waals surface area contributed by atoms with Gasteiger partial charge in [-0.3, -0.25) is 9.78 Å². The minimum absolute atomic E-state index is 0.0486. The SMILES string of the molecule is CC(C)(O)[C@H](F)Cc1nccc(N[C@@H]2CCN(c3ncc(F)cn3)C2)c1C(N)=O. The molecule has 1 fully saturated rings. The van der Waals surface area contributed by atoms with E-state index >= 15 is 0 Å². The summed E-state index contributed by atoms with van der Waals surface area (Å²) in [5.41, 5.74) is 4.72. The van der Waals surface area contributed by atoms with Crippen molar-refractivity contribution in [1.29, 1.82) is 0 Å². The Kier molecular flexibility index (Phi) is 5.92. The van der Waals surface area contributed by atoms with Gasteiger partial charge in [-0.15, -0.1) is 0 Å². The number of carbonyl (C=O) groups excluding carboxylic acids is 1. The van der Waals surface area contributed by atoms with Crippen LogP contribution >= 0.6 is 0 Å². The van der Waals surface area contributed by atoms with Crippen LogP contribution in [0.4, 0.5) is 20.4 Å². The van der Waals surface area contributed by atoms with Crippen molar-refractivity contribution in [2.45, 2.75) is 44.5 Å². The molecule has 0 radical (unpaired) electrons. The highest BCUT2D eigenvalue weighted by Gasteiger charge is 2.30. The Labute approximate surface area is 167 Å². The van der Waals surface area contributed by atoms with Gasteiger partial charge in [0, 0.05) is 31.7 Å². The van der Waals surface area contributed by atoms with Gasteiger partial charge in [-0.05, 0) is 26.3 Å². The third-order valence-electron chi connectivity index (χ3n) is 4.85. The van der Waals surface area contributed by atoms with E-state index < -0.39 is 23.5 Å². The smallest absolute Gasteiger partial charge is 0.252 e. The number of halogens is 2. The molecule has 3 heterocycles. The number of anilines is 2. The minimum Gasteiger partial charge on any atom is -0.387 e. The highest BCUT2D eigenvalue weighted by atomic mass is 19.1. The number of aromatic nitrogens is 3. The fourth-order valence-corrected chi connectivity index (χ4v) is 3.22. The summed E-state index contributed by atoms with van der Waals surface area (Å²) in [7, 11) is 0. The molecule has 8 nitrogen and oxygen atoms in total. The Morgan fingerprint density at radius 3 is 2.72 bits per heavy atom. The first-order valence-electron chi connectivity index (χ1n) is 9.28. The Bertz CT molecular complexity index is 872. The minimum atomic E-state index is -1.61. The number of hydrogen-bond donors (Lipinski definition) is 3. The molecule has 0 saturated carbocycles. The molecule has 156 valence electrons. The van der Waals surface area contributed by atoms with Crippen LogP contribution in [0.1, 0.15) is 36.3 Å². The summed E-state index contributed by atoms with van der Waals surface area (Å²) >= 11 is 0. The van der Waals surface area contributed by atoms with Crippen molar-refractivity contribution in [3.8, 4) is 0 Å². The molecule has 1 aliphatic heterocycles. The summed E-state index contributed by atoms with van der Waals surface area (Å²) < 4.78 is 27.3. The lowest BCUT2D eigenvalue weighted by molar-refractivity contribution is -0.00307. The number of nitrogens with two attached hydrogens (primary N) is 1. The Morgan fingerprint density at radius 1 is 1.41 bits per heavy atom. The number of rotatable bonds is 7. The van der Waals surface area contributed by atoms with Crippen LogP contribution in [-0.4, -0.2) is 56.9 Å². The number of primary amides is 1. The predicted octanol–water partition coefficient (Wildman–Crippen LogP) is 1.45. The predicted molar refractivity (Wildman–Crippen MR) is 104 cm³/mol. The van der Waals surface area contributed by atoms with Crippen molar-refractivity contribution < 1.29 is 18.7 Å². The van der Waals surface area contributed by atoms with Gasteiger partial charge in [-0.25, -0.2) is 18.7 Å². The monoisotopic (exact) mass is 406 g/mol. The molecule has 4 N–H and O–H groups in total. The number of carbonyl (C=O) groups is 1. The summed E-state index contributed by atoms with van der Waals surface area (Å²) in [6.45, 7) is 3.90. The highest BCUT2D eigenvalue weighted by Crippen LogP contribution is 2.26. The number of aliphatic hydroxyl groups is 1. The van der Waals surface area contributed by atoms with Crippen molar-refractivity contribution in [2.75, 3.05) is 23.3 Å². The fraction of sp³-hybridized carbons (Fsp3) is 0.474. The number of nitrogens with one attached hydrogen (secondary N) is 1. The van der Waals surface area contributed by atoms with Gasteiger partial charge in [-0.1, -0.05) is 0 Å². The molecular weight excluding hydrogens is 382 g/mol. The van der Waals surface area contributed by atoms with Gasteiger partial charge in [0.25, 0.3) is 5.91 Å². The first kappa shape index (κ1) is 20.8. The molecular formula is C19H24F2N6O2. The fourth-order valence-electron chi connectivity index (χ4n) is 3.22. The lowest BCUT2D eigenvalue weighted by Crippen LogP contribution is -2.35. The van der Waals surface area contributed by atoms with Crippen LogP contribution in [0.3, 0.4) is 0 Å². The van der Waals surface area contributed by atoms with Gasteiger partial charge in [0.1, 0.15) is 6.17 Å². The third-order valence-corrected chi connectivity index (χ3v) is 4.85. The molecule has 0 unspecified atom stereocenters. The van der Waals surface area contributed by atoms with Crippen molar-refractivity contribution in [3.63, 3.8) is 0 Å². The molecule has 0 aliphatic carbocycles. The summed E-state index contributed by atoms with van der Waals surface area (Å²) in [6, 6.07) is 1.56. The lowest BCUT2D eigenvalue weighted by atomic mass is 9.96. The number of alkyl halides is 1. The van der Waals surface area contributed by atoms with Gasteiger partial charge in [-0.2, -0.15) is 0 Å². The summed E-state index contributed by atoms with van der Waals surface area (Å²) in [5.74, 6) is -0.808. The zero-order chi connectivity index (χ0) is 21.2. The van der Waals surface area contributed by atoms with Crippen molar-refractivity contribution in [2.24, 2.45) is 5.73 Å². The van der Waals surface area contributed by atoms with E-state index in [1.54, 1.807) is 6.07 Å². The van der Waals surface area contributed by atoms with E-state index in [2.05, 4.69) is 20.3 Å². The van der Waals surface area contributed by atoms with Gasteiger partial charge in [0.2, 0.25) is 5.95 Å². The number of pyridine rings is 1.